The quantitative estimate of drug-likeness (QED) is 0.187. The molecule has 0 saturated carbocycles. The number of fused-ring (bicyclic) bond motifs is 3. The van der Waals surface area contributed by atoms with E-state index in [0.29, 0.717) is 6.61 Å². The molecule has 2 bridgehead atoms. The molecule has 7 nitrogen and oxygen atoms in total. The average molecular weight is 401 g/mol. The molecule has 1 amide bonds. The van der Waals surface area contributed by atoms with Crippen LogP contribution < -0.4 is 5.32 Å². The normalized spacial score (nSPS) is 41.8. The summed E-state index contributed by atoms with van der Waals surface area (Å²) in [7, 11) is 0. The molecule has 156 valence electrons. The molecule has 3 fully saturated rings. The first-order valence-corrected chi connectivity index (χ1v) is 9.96. The molecule has 4 rings (SSSR count). The minimum absolute atomic E-state index is 0.0269. The summed E-state index contributed by atoms with van der Waals surface area (Å²) in [6.45, 7) is 8.56. The molecule has 2 N–H and O–H groups in total. The Morgan fingerprint density at radius 2 is 2.07 bits per heavy atom. The number of Topliss-reactive ketones (excluding diaryl/α,β-unsaturated/α-hetero) is 1. The number of ether oxygens (including phenoxy) is 3. The highest BCUT2D eigenvalue weighted by Gasteiger charge is 2.65. The van der Waals surface area contributed by atoms with Gasteiger partial charge in [-0.15, -0.1) is 0 Å². The van der Waals surface area contributed by atoms with Crippen LogP contribution in [0.1, 0.15) is 27.7 Å². The first kappa shape index (κ1) is 20.1. The van der Waals surface area contributed by atoms with Crippen molar-refractivity contribution in [1.29, 1.82) is 0 Å². The summed E-state index contributed by atoms with van der Waals surface area (Å²) in [5.74, 6) is -1.82. The Morgan fingerprint density at radius 3 is 2.69 bits per heavy atom. The van der Waals surface area contributed by atoms with Crippen molar-refractivity contribution in [1.82, 2.24) is 5.32 Å². The van der Waals surface area contributed by atoms with Crippen molar-refractivity contribution < 1.29 is 28.9 Å². The minimum Gasteiger partial charge on any atom is -0.507 e. The second kappa shape index (κ2) is 6.93. The van der Waals surface area contributed by atoms with Crippen LogP contribution in [0.4, 0.5) is 0 Å². The van der Waals surface area contributed by atoms with Gasteiger partial charge in [-0.3, -0.25) is 9.59 Å². The van der Waals surface area contributed by atoms with Crippen LogP contribution in [-0.4, -0.2) is 53.5 Å². The number of aliphatic hydroxyl groups is 1. The van der Waals surface area contributed by atoms with Crippen LogP contribution in [0.5, 0.6) is 0 Å². The van der Waals surface area contributed by atoms with Crippen LogP contribution >= 0.6 is 0 Å². The Labute approximate surface area is 170 Å². The van der Waals surface area contributed by atoms with Crippen molar-refractivity contribution in [3.8, 4) is 0 Å². The van der Waals surface area contributed by atoms with Gasteiger partial charge in [-0.05, 0) is 26.0 Å². The lowest BCUT2D eigenvalue weighted by molar-refractivity contribution is -0.346. The average Bonchev–Trinajstić information content (AvgIpc) is 3.39. The number of carbonyl (C=O) groups excluding carboxylic acids is 2. The number of aliphatic hydroxyl groups excluding tert-OH is 1. The fraction of sp³-hybridized carbons (Fsp3) is 0.545. The number of ketones is 1. The number of hydrogen-bond donors (Lipinski definition) is 2. The van der Waals surface area contributed by atoms with Crippen molar-refractivity contribution in [3.05, 3.63) is 47.3 Å². The lowest BCUT2D eigenvalue weighted by atomic mass is 9.82. The van der Waals surface area contributed by atoms with Gasteiger partial charge in [0.05, 0.1) is 25.4 Å². The van der Waals surface area contributed by atoms with E-state index in [1.54, 1.807) is 6.08 Å². The summed E-state index contributed by atoms with van der Waals surface area (Å²) in [5, 5.41) is 12.5. The van der Waals surface area contributed by atoms with E-state index < -0.39 is 23.1 Å². The number of epoxide rings is 1. The summed E-state index contributed by atoms with van der Waals surface area (Å²) in [6, 6.07) is 0. The third kappa shape index (κ3) is 3.37. The first-order valence-electron chi connectivity index (χ1n) is 9.96. The lowest BCUT2D eigenvalue weighted by Gasteiger charge is -2.51. The van der Waals surface area contributed by atoms with Gasteiger partial charge in [0, 0.05) is 11.8 Å². The van der Waals surface area contributed by atoms with E-state index in [1.165, 1.54) is 6.08 Å². The van der Waals surface area contributed by atoms with Crippen LogP contribution in [0.3, 0.4) is 0 Å². The Bertz CT molecular complexity index is 847. The number of carbonyl (C=O) groups is 2. The molecule has 6 atom stereocenters. The molecule has 0 radical (unpaired) electrons. The number of rotatable bonds is 4. The molecule has 4 heterocycles. The second-order valence-corrected chi connectivity index (χ2v) is 8.48. The van der Waals surface area contributed by atoms with Gasteiger partial charge in [-0.1, -0.05) is 37.6 Å². The lowest BCUT2D eigenvalue weighted by Crippen LogP contribution is -2.61. The number of amides is 1. The summed E-state index contributed by atoms with van der Waals surface area (Å²) >= 11 is 0. The second-order valence-electron chi connectivity index (χ2n) is 8.48. The SMILES string of the molecule is CC(/C=C/C(O)=C1/C(=O)CNC1=O)=C\[C@@H](C)C1OC2(C)OC(C=C[C@@]23CO3)C1C. The molecule has 29 heavy (non-hydrogen) atoms. The van der Waals surface area contributed by atoms with E-state index in [-0.39, 0.29) is 41.9 Å². The van der Waals surface area contributed by atoms with Gasteiger partial charge in [-0.2, -0.15) is 0 Å². The minimum atomic E-state index is -0.797. The maximum Gasteiger partial charge on any atom is 0.259 e. The topological polar surface area (TPSA) is 97.4 Å². The summed E-state index contributed by atoms with van der Waals surface area (Å²) < 4.78 is 18.2. The fourth-order valence-electron chi connectivity index (χ4n) is 4.37. The maximum atomic E-state index is 11.7. The van der Waals surface area contributed by atoms with Gasteiger partial charge in [0.1, 0.15) is 11.3 Å². The van der Waals surface area contributed by atoms with E-state index in [2.05, 4.69) is 37.4 Å². The van der Waals surface area contributed by atoms with Crippen LogP contribution in [0.25, 0.3) is 0 Å². The molecule has 0 aromatic heterocycles. The molecule has 4 unspecified atom stereocenters. The zero-order chi connectivity index (χ0) is 21.0. The fourth-order valence-corrected chi connectivity index (χ4v) is 4.37. The number of allylic oxidation sites excluding steroid dienone is 3. The summed E-state index contributed by atoms with van der Waals surface area (Å²) in [6.07, 6.45) is 9.18. The van der Waals surface area contributed by atoms with E-state index in [1.807, 2.05) is 13.8 Å². The molecule has 4 aliphatic rings. The summed E-state index contributed by atoms with van der Waals surface area (Å²) in [4.78, 5) is 23.3. The van der Waals surface area contributed by atoms with Crippen LogP contribution in [-0.2, 0) is 23.8 Å². The molecule has 0 aromatic rings. The van der Waals surface area contributed by atoms with E-state index in [4.69, 9.17) is 14.2 Å². The molecule has 4 aliphatic heterocycles. The monoisotopic (exact) mass is 401 g/mol. The van der Waals surface area contributed by atoms with Gasteiger partial charge in [0.15, 0.2) is 11.4 Å². The van der Waals surface area contributed by atoms with Crippen LogP contribution in [0.15, 0.2) is 47.3 Å². The third-order valence-corrected chi connectivity index (χ3v) is 6.26. The largest absolute Gasteiger partial charge is 0.507 e. The zero-order valence-corrected chi connectivity index (χ0v) is 17.1. The molecular formula is C22H27NO6. The van der Waals surface area contributed by atoms with Gasteiger partial charge in [0.25, 0.3) is 5.91 Å². The van der Waals surface area contributed by atoms with E-state index in [0.717, 1.165) is 5.57 Å². The van der Waals surface area contributed by atoms with Crippen molar-refractivity contribution in [3.63, 3.8) is 0 Å². The van der Waals surface area contributed by atoms with E-state index in [9.17, 15) is 14.7 Å². The predicted molar refractivity (Wildman–Crippen MR) is 105 cm³/mol. The molecule has 0 aromatic carbocycles. The van der Waals surface area contributed by atoms with E-state index >= 15 is 0 Å². The van der Waals surface area contributed by atoms with Crippen molar-refractivity contribution >= 4 is 11.7 Å². The van der Waals surface area contributed by atoms with Crippen LogP contribution in [0, 0.1) is 11.8 Å². The highest BCUT2D eigenvalue weighted by molar-refractivity contribution is 6.25. The smallest absolute Gasteiger partial charge is 0.259 e. The molecule has 3 saturated heterocycles. The highest BCUT2D eigenvalue weighted by atomic mass is 16.8. The Balaban J connectivity index is 1.49. The molecule has 0 aliphatic carbocycles. The number of hydrogen-bond acceptors (Lipinski definition) is 6. The Morgan fingerprint density at radius 1 is 1.34 bits per heavy atom. The third-order valence-electron chi connectivity index (χ3n) is 6.26. The van der Waals surface area contributed by atoms with Gasteiger partial charge in [0.2, 0.25) is 5.79 Å². The number of nitrogens with one attached hydrogen (secondary N) is 1. The van der Waals surface area contributed by atoms with Crippen LogP contribution in [0.2, 0.25) is 0 Å². The maximum absolute atomic E-state index is 11.7. The zero-order valence-electron chi connectivity index (χ0n) is 17.1. The van der Waals surface area contributed by atoms with Gasteiger partial charge < -0.3 is 24.6 Å². The first-order chi connectivity index (χ1) is 13.7. The van der Waals surface area contributed by atoms with Crippen molar-refractivity contribution in [2.75, 3.05) is 13.2 Å². The van der Waals surface area contributed by atoms with Crippen molar-refractivity contribution in [2.45, 2.75) is 51.3 Å². The predicted octanol–water partition coefficient (Wildman–Crippen LogP) is 2.11. The molecule has 7 heteroatoms. The standard InChI is InChI=1S/C22H27NO6/c1-12(5-6-15(24)18-16(25)10-23-20(18)26)9-13(2)19-14(3)17-7-8-22(11-27-22)21(4,28-17)29-19/h5-9,13-14,17,19,24H,10-11H2,1-4H3,(H,23,26)/b6-5+,12-9+,18-15+/t13-,14?,17?,19?,21?,22-/m1/s1. The molecular weight excluding hydrogens is 374 g/mol. The van der Waals surface area contributed by atoms with Crippen molar-refractivity contribution in [2.24, 2.45) is 11.8 Å². The molecule has 1 spiro atoms. The summed E-state index contributed by atoms with van der Waals surface area (Å²) in [5.41, 5.74) is 0.221. The Hall–Kier alpha value is -2.22. The highest BCUT2D eigenvalue weighted by Crippen LogP contribution is 2.51. The Kier molecular flexibility index (Phi) is 4.80. The van der Waals surface area contributed by atoms with Gasteiger partial charge in [-0.25, -0.2) is 0 Å². The van der Waals surface area contributed by atoms with Gasteiger partial charge >= 0.3 is 0 Å².